The Labute approximate surface area is 126 Å². The zero-order valence-corrected chi connectivity index (χ0v) is 13.8. The molecule has 1 amide bonds. The van der Waals surface area contributed by atoms with Gasteiger partial charge in [0.2, 0.25) is 0 Å². The lowest BCUT2D eigenvalue weighted by Crippen LogP contribution is -2.32. The van der Waals surface area contributed by atoms with Gasteiger partial charge in [-0.3, -0.25) is 4.79 Å². The fourth-order valence-electron chi connectivity index (χ4n) is 2.27. The number of carbonyl (C=O) groups excluding carboxylic acids is 1. The maximum atomic E-state index is 11.9. The van der Waals surface area contributed by atoms with Gasteiger partial charge in [0.15, 0.2) is 0 Å². The van der Waals surface area contributed by atoms with E-state index in [0.29, 0.717) is 12.0 Å². The van der Waals surface area contributed by atoms with Crippen molar-refractivity contribution in [3.05, 3.63) is 19.9 Å². The molecule has 0 saturated carbocycles. The summed E-state index contributed by atoms with van der Waals surface area (Å²) in [6.07, 6.45) is 1.19. The topological polar surface area (TPSA) is 32.3 Å². The Hall–Kier alpha value is -0.140. The van der Waals surface area contributed by atoms with Crippen LogP contribution in [0.4, 0.5) is 0 Å². The van der Waals surface area contributed by atoms with Crippen molar-refractivity contribution in [2.45, 2.75) is 26.3 Å². The molecule has 5 heteroatoms. The van der Waals surface area contributed by atoms with E-state index < -0.39 is 0 Å². The van der Waals surface area contributed by atoms with Crippen LogP contribution in [0.3, 0.4) is 0 Å². The molecule has 1 N–H and O–H groups in total. The lowest BCUT2D eigenvalue weighted by molar-refractivity contribution is 0.0947. The van der Waals surface area contributed by atoms with Crippen LogP contribution in [0.5, 0.6) is 0 Å². The molecule has 1 unspecified atom stereocenters. The second-order valence-corrected chi connectivity index (χ2v) is 7.90. The molecule has 0 spiro atoms. The van der Waals surface area contributed by atoms with Crippen molar-refractivity contribution < 1.29 is 4.79 Å². The van der Waals surface area contributed by atoms with E-state index in [1.807, 2.05) is 11.4 Å². The first kappa shape index (κ1) is 14.3. The SMILES string of the molecule is CC(C)N1CCC(CNC(=O)c2csc(I)c2)C1. The number of nitrogens with zero attached hydrogens (tertiary/aromatic N) is 1. The largest absolute Gasteiger partial charge is 0.352 e. The third kappa shape index (κ3) is 3.68. The molecular weight excluding hydrogens is 359 g/mol. The number of amides is 1. The number of hydrogen-bond acceptors (Lipinski definition) is 3. The number of carbonyl (C=O) groups is 1. The van der Waals surface area contributed by atoms with Gasteiger partial charge in [0.25, 0.3) is 5.91 Å². The zero-order valence-electron chi connectivity index (χ0n) is 10.8. The molecular formula is C13H19IN2OS. The molecule has 3 nitrogen and oxygen atoms in total. The number of likely N-dealkylation sites (tertiary alicyclic amines) is 1. The van der Waals surface area contributed by atoms with Gasteiger partial charge < -0.3 is 10.2 Å². The lowest BCUT2D eigenvalue weighted by atomic mass is 10.1. The Bertz CT molecular complexity index is 419. The maximum Gasteiger partial charge on any atom is 0.252 e. The summed E-state index contributed by atoms with van der Waals surface area (Å²) < 4.78 is 1.16. The Morgan fingerprint density at radius 1 is 1.67 bits per heavy atom. The molecule has 18 heavy (non-hydrogen) atoms. The number of rotatable bonds is 4. The number of thiophene rings is 1. The molecule has 2 heterocycles. The van der Waals surface area contributed by atoms with Crippen LogP contribution in [0, 0.1) is 8.80 Å². The smallest absolute Gasteiger partial charge is 0.252 e. The first-order valence-corrected chi connectivity index (χ1v) is 8.28. The van der Waals surface area contributed by atoms with Crippen LogP contribution in [0.2, 0.25) is 0 Å². The second-order valence-electron chi connectivity index (χ2n) is 5.09. The van der Waals surface area contributed by atoms with Gasteiger partial charge in [-0.1, -0.05) is 0 Å². The van der Waals surface area contributed by atoms with E-state index in [2.05, 4.69) is 46.7 Å². The molecule has 100 valence electrons. The van der Waals surface area contributed by atoms with Crippen LogP contribution in [-0.2, 0) is 0 Å². The van der Waals surface area contributed by atoms with Crippen molar-refractivity contribution >= 4 is 39.8 Å². The van der Waals surface area contributed by atoms with E-state index in [4.69, 9.17) is 0 Å². The molecule has 1 aromatic rings. The summed E-state index contributed by atoms with van der Waals surface area (Å²) in [7, 11) is 0. The molecule has 2 rings (SSSR count). The van der Waals surface area contributed by atoms with Crippen LogP contribution in [0.25, 0.3) is 0 Å². The highest BCUT2D eigenvalue weighted by atomic mass is 127. The van der Waals surface area contributed by atoms with Crippen molar-refractivity contribution in [3.63, 3.8) is 0 Å². The fourth-order valence-corrected chi connectivity index (χ4v) is 3.59. The predicted octanol–water partition coefficient (Wildman–Crippen LogP) is 2.81. The number of halogens is 1. The van der Waals surface area contributed by atoms with Gasteiger partial charge in [0.05, 0.1) is 8.45 Å². The first-order valence-electron chi connectivity index (χ1n) is 6.32. The van der Waals surface area contributed by atoms with Crippen LogP contribution in [0.15, 0.2) is 11.4 Å². The summed E-state index contributed by atoms with van der Waals surface area (Å²) in [5.41, 5.74) is 0.795. The first-order chi connectivity index (χ1) is 8.56. The normalized spacial score (nSPS) is 20.6. The van der Waals surface area contributed by atoms with Gasteiger partial charge in [-0.2, -0.15) is 0 Å². The van der Waals surface area contributed by atoms with Gasteiger partial charge in [0.1, 0.15) is 0 Å². The molecule has 0 bridgehead atoms. The van der Waals surface area contributed by atoms with E-state index in [0.717, 1.165) is 28.1 Å². The van der Waals surface area contributed by atoms with Crippen LogP contribution < -0.4 is 5.32 Å². The van der Waals surface area contributed by atoms with E-state index in [9.17, 15) is 4.79 Å². The Morgan fingerprint density at radius 3 is 3.00 bits per heavy atom. The molecule has 1 atom stereocenters. The third-order valence-electron chi connectivity index (χ3n) is 3.43. The average molecular weight is 378 g/mol. The fraction of sp³-hybridized carbons (Fsp3) is 0.615. The summed E-state index contributed by atoms with van der Waals surface area (Å²) >= 11 is 3.85. The third-order valence-corrected chi connectivity index (χ3v) is 5.22. The highest BCUT2D eigenvalue weighted by Crippen LogP contribution is 2.19. The average Bonchev–Trinajstić information content (AvgIpc) is 2.94. The molecule has 1 fully saturated rings. The molecule has 1 aliphatic heterocycles. The lowest BCUT2D eigenvalue weighted by Gasteiger charge is -2.20. The van der Waals surface area contributed by atoms with Crippen molar-refractivity contribution in [3.8, 4) is 0 Å². The van der Waals surface area contributed by atoms with E-state index in [1.54, 1.807) is 11.3 Å². The number of hydrogen-bond donors (Lipinski definition) is 1. The highest BCUT2D eigenvalue weighted by Gasteiger charge is 2.24. The molecule has 1 saturated heterocycles. The van der Waals surface area contributed by atoms with Crippen molar-refractivity contribution in [1.29, 1.82) is 0 Å². The van der Waals surface area contributed by atoms with Gasteiger partial charge in [-0.25, -0.2) is 0 Å². The van der Waals surface area contributed by atoms with Crippen molar-refractivity contribution in [2.75, 3.05) is 19.6 Å². The summed E-state index contributed by atoms with van der Waals surface area (Å²) in [6, 6.07) is 2.56. The summed E-state index contributed by atoms with van der Waals surface area (Å²) in [6.45, 7) is 7.53. The van der Waals surface area contributed by atoms with Crippen LogP contribution >= 0.6 is 33.9 Å². The van der Waals surface area contributed by atoms with E-state index in [1.165, 1.54) is 6.42 Å². The van der Waals surface area contributed by atoms with Gasteiger partial charge in [-0.15, -0.1) is 11.3 Å². The van der Waals surface area contributed by atoms with Crippen LogP contribution in [0.1, 0.15) is 30.6 Å². The summed E-state index contributed by atoms with van der Waals surface area (Å²) in [5.74, 6) is 0.672. The second kappa shape index (κ2) is 6.34. The van der Waals surface area contributed by atoms with E-state index >= 15 is 0 Å². The molecule has 0 aromatic carbocycles. The minimum absolute atomic E-state index is 0.0668. The molecule has 0 aliphatic carbocycles. The van der Waals surface area contributed by atoms with Gasteiger partial charge >= 0.3 is 0 Å². The quantitative estimate of drug-likeness (QED) is 0.818. The van der Waals surface area contributed by atoms with Crippen molar-refractivity contribution in [1.82, 2.24) is 10.2 Å². The Balaban J connectivity index is 1.77. The minimum Gasteiger partial charge on any atom is -0.352 e. The zero-order chi connectivity index (χ0) is 13.1. The summed E-state index contributed by atoms with van der Waals surface area (Å²) in [4.78, 5) is 14.4. The van der Waals surface area contributed by atoms with Gasteiger partial charge in [-0.05, 0) is 61.4 Å². The van der Waals surface area contributed by atoms with E-state index in [-0.39, 0.29) is 5.91 Å². The molecule has 1 aromatic heterocycles. The van der Waals surface area contributed by atoms with Crippen LogP contribution in [-0.4, -0.2) is 36.5 Å². The molecule has 1 aliphatic rings. The Kier molecular flexibility index (Phi) is 5.03. The Morgan fingerprint density at radius 2 is 2.44 bits per heavy atom. The number of nitrogens with one attached hydrogen (secondary N) is 1. The molecule has 0 radical (unpaired) electrons. The monoisotopic (exact) mass is 378 g/mol. The predicted molar refractivity (Wildman–Crippen MR) is 84.2 cm³/mol. The highest BCUT2D eigenvalue weighted by molar-refractivity contribution is 14.1. The van der Waals surface area contributed by atoms with Crippen molar-refractivity contribution in [2.24, 2.45) is 5.92 Å². The summed E-state index contributed by atoms with van der Waals surface area (Å²) in [5, 5.41) is 4.97. The standard InChI is InChI=1S/C13H19IN2OS/c1-9(2)16-4-3-10(7-16)6-15-13(17)11-5-12(14)18-8-11/h5,8-10H,3-4,6-7H2,1-2H3,(H,15,17). The van der Waals surface area contributed by atoms with Gasteiger partial charge in [0, 0.05) is 24.5 Å². The maximum absolute atomic E-state index is 11.9. The minimum atomic E-state index is 0.0668.